The molecular formula is C11H20N2O2S. The van der Waals surface area contributed by atoms with Crippen molar-refractivity contribution in [3.8, 4) is 0 Å². The van der Waals surface area contributed by atoms with Crippen LogP contribution in [-0.4, -0.2) is 41.1 Å². The van der Waals surface area contributed by atoms with Crippen molar-refractivity contribution < 1.29 is 9.53 Å². The molecule has 0 saturated carbocycles. The maximum atomic E-state index is 11.8. The van der Waals surface area contributed by atoms with Crippen LogP contribution in [0.5, 0.6) is 0 Å². The average molecular weight is 244 g/mol. The molecular weight excluding hydrogens is 224 g/mol. The van der Waals surface area contributed by atoms with Crippen LogP contribution >= 0.6 is 12.2 Å². The molecule has 0 aromatic heterocycles. The monoisotopic (exact) mass is 244 g/mol. The van der Waals surface area contributed by atoms with E-state index in [1.807, 2.05) is 13.8 Å². The predicted octanol–water partition coefficient (Wildman–Crippen LogP) is 1.08. The number of hydrogen-bond donors (Lipinski definition) is 1. The standard InChI is InChI=1S/C11H20N2O2S/c1-3-8(11(14)15-4-2)13-7-5-6-9(13)10(12)16/h8-9H,3-7H2,1-2H3,(H2,12,16). The molecule has 0 bridgehead atoms. The van der Waals surface area contributed by atoms with Crippen LogP contribution in [0.15, 0.2) is 0 Å². The number of thiocarbonyl (C=S) groups is 1. The summed E-state index contributed by atoms with van der Waals surface area (Å²) >= 11 is 5.03. The minimum Gasteiger partial charge on any atom is -0.465 e. The second kappa shape index (κ2) is 6.15. The molecule has 0 aromatic carbocycles. The zero-order valence-corrected chi connectivity index (χ0v) is 10.8. The van der Waals surface area contributed by atoms with E-state index < -0.39 is 0 Å². The van der Waals surface area contributed by atoms with Crippen LogP contribution in [-0.2, 0) is 9.53 Å². The molecule has 92 valence electrons. The molecule has 2 unspecified atom stereocenters. The molecule has 0 aromatic rings. The van der Waals surface area contributed by atoms with Gasteiger partial charge in [0, 0.05) is 0 Å². The lowest BCUT2D eigenvalue weighted by atomic mass is 10.1. The smallest absolute Gasteiger partial charge is 0.323 e. The summed E-state index contributed by atoms with van der Waals surface area (Å²) in [5.41, 5.74) is 5.69. The van der Waals surface area contributed by atoms with Crippen LogP contribution in [0, 0.1) is 0 Å². The second-order valence-electron chi connectivity index (χ2n) is 3.97. The van der Waals surface area contributed by atoms with Gasteiger partial charge in [-0.3, -0.25) is 9.69 Å². The molecule has 0 radical (unpaired) electrons. The maximum Gasteiger partial charge on any atom is 0.323 e. The van der Waals surface area contributed by atoms with Gasteiger partial charge in [-0.1, -0.05) is 19.1 Å². The molecule has 1 rings (SSSR count). The van der Waals surface area contributed by atoms with Crippen LogP contribution in [0.3, 0.4) is 0 Å². The fraction of sp³-hybridized carbons (Fsp3) is 0.818. The lowest BCUT2D eigenvalue weighted by Crippen LogP contribution is -2.48. The van der Waals surface area contributed by atoms with Crippen molar-refractivity contribution in [2.75, 3.05) is 13.2 Å². The van der Waals surface area contributed by atoms with Gasteiger partial charge in [0.1, 0.15) is 6.04 Å². The number of ether oxygens (including phenoxy) is 1. The van der Waals surface area contributed by atoms with Crippen LogP contribution in [0.1, 0.15) is 33.1 Å². The molecule has 2 atom stereocenters. The highest BCUT2D eigenvalue weighted by atomic mass is 32.1. The van der Waals surface area contributed by atoms with Gasteiger partial charge in [-0.25, -0.2) is 0 Å². The molecule has 2 N–H and O–H groups in total. The topological polar surface area (TPSA) is 55.6 Å². The number of carbonyl (C=O) groups excluding carboxylic acids is 1. The highest BCUT2D eigenvalue weighted by Crippen LogP contribution is 2.22. The second-order valence-corrected chi connectivity index (χ2v) is 4.45. The van der Waals surface area contributed by atoms with E-state index in [4.69, 9.17) is 22.7 Å². The minimum absolute atomic E-state index is 0.0596. The molecule has 1 saturated heterocycles. The zero-order chi connectivity index (χ0) is 12.1. The number of esters is 1. The molecule has 1 aliphatic rings. The zero-order valence-electron chi connectivity index (χ0n) is 9.94. The van der Waals surface area contributed by atoms with Gasteiger partial charge in [-0.05, 0) is 32.7 Å². The van der Waals surface area contributed by atoms with E-state index in [0.717, 1.165) is 25.8 Å². The Kier molecular flexibility index (Phi) is 5.15. The van der Waals surface area contributed by atoms with Crippen molar-refractivity contribution in [3.63, 3.8) is 0 Å². The Morgan fingerprint density at radius 2 is 2.31 bits per heavy atom. The average Bonchev–Trinajstić information content (AvgIpc) is 2.68. The van der Waals surface area contributed by atoms with Gasteiger partial charge >= 0.3 is 5.97 Å². The Balaban J connectivity index is 2.71. The van der Waals surface area contributed by atoms with Crippen molar-refractivity contribution in [2.45, 2.75) is 45.2 Å². The molecule has 0 spiro atoms. The SMILES string of the molecule is CCOC(=O)C(CC)N1CCCC1C(N)=S. The summed E-state index contributed by atoms with van der Waals surface area (Å²) in [6.07, 6.45) is 2.72. The van der Waals surface area contributed by atoms with E-state index in [9.17, 15) is 4.79 Å². The first-order valence-electron chi connectivity index (χ1n) is 5.83. The fourth-order valence-corrected chi connectivity index (χ4v) is 2.50. The molecule has 4 nitrogen and oxygen atoms in total. The number of likely N-dealkylation sites (tertiary alicyclic amines) is 1. The fourth-order valence-electron chi connectivity index (χ4n) is 2.24. The quantitative estimate of drug-likeness (QED) is 0.579. The highest BCUT2D eigenvalue weighted by molar-refractivity contribution is 7.80. The third-order valence-electron chi connectivity index (χ3n) is 2.97. The summed E-state index contributed by atoms with van der Waals surface area (Å²) in [5, 5.41) is 0. The summed E-state index contributed by atoms with van der Waals surface area (Å²) in [7, 11) is 0. The third-order valence-corrected chi connectivity index (χ3v) is 3.24. The van der Waals surface area contributed by atoms with E-state index in [1.54, 1.807) is 0 Å². The normalized spacial score (nSPS) is 23.0. The lowest BCUT2D eigenvalue weighted by molar-refractivity contribution is -0.149. The van der Waals surface area contributed by atoms with Crippen molar-refractivity contribution in [1.82, 2.24) is 4.90 Å². The first kappa shape index (κ1) is 13.4. The van der Waals surface area contributed by atoms with Crippen molar-refractivity contribution in [1.29, 1.82) is 0 Å². The first-order chi connectivity index (χ1) is 7.61. The van der Waals surface area contributed by atoms with Gasteiger partial charge in [0.15, 0.2) is 0 Å². The van der Waals surface area contributed by atoms with Gasteiger partial charge in [-0.15, -0.1) is 0 Å². The Labute approximate surface area is 102 Å². The molecule has 1 heterocycles. The van der Waals surface area contributed by atoms with E-state index in [1.165, 1.54) is 0 Å². The maximum absolute atomic E-state index is 11.8. The summed E-state index contributed by atoms with van der Waals surface area (Å²) in [6, 6.07) is -0.140. The summed E-state index contributed by atoms with van der Waals surface area (Å²) in [6.45, 7) is 5.09. The van der Waals surface area contributed by atoms with E-state index in [0.29, 0.717) is 11.6 Å². The number of rotatable bonds is 5. The Hall–Kier alpha value is -0.680. The summed E-state index contributed by atoms with van der Waals surface area (Å²) < 4.78 is 5.07. The predicted molar refractivity (Wildman–Crippen MR) is 67.2 cm³/mol. The Morgan fingerprint density at radius 3 is 2.81 bits per heavy atom. The highest BCUT2D eigenvalue weighted by Gasteiger charge is 2.35. The molecule has 1 fully saturated rings. The van der Waals surface area contributed by atoms with Crippen LogP contribution in [0.4, 0.5) is 0 Å². The van der Waals surface area contributed by atoms with Gasteiger partial charge < -0.3 is 10.5 Å². The van der Waals surface area contributed by atoms with Gasteiger partial charge in [0.2, 0.25) is 0 Å². The van der Waals surface area contributed by atoms with Crippen molar-refractivity contribution in [3.05, 3.63) is 0 Å². The van der Waals surface area contributed by atoms with Gasteiger partial charge in [0.25, 0.3) is 0 Å². The lowest BCUT2D eigenvalue weighted by Gasteiger charge is -2.30. The number of nitrogens with zero attached hydrogens (tertiary/aromatic N) is 1. The first-order valence-corrected chi connectivity index (χ1v) is 6.24. The molecule has 0 aliphatic carbocycles. The van der Waals surface area contributed by atoms with Crippen LogP contribution < -0.4 is 5.73 Å². The van der Waals surface area contributed by atoms with E-state index >= 15 is 0 Å². The van der Waals surface area contributed by atoms with Gasteiger partial charge in [0.05, 0.1) is 17.6 Å². The van der Waals surface area contributed by atoms with Gasteiger partial charge in [-0.2, -0.15) is 0 Å². The Bertz CT molecular complexity index is 271. The molecule has 5 heteroatoms. The van der Waals surface area contributed by atoms with Crippen molar-refractivity contribution >= 4 is 23.2 Å². The van der Waals surface area contributed by atoms with Crippen LogP contribution in [0.25, 0.3) is 0 Å². The number of carbonyl (C=O) groups is 1. The van der Waals surface area contributed by atoms with E-state index in [-0.39, 0.29) is 18.1 Å². The van der Waals surface area contributed by atoms with E-state index in [2.05, 4.69) is 4.90 Å². The summed E-state index contributed by atoms with van der Waals surface area (Å²) in [5.74, 6) is -0.159. The largest absolute Gasteiger partial charge is 0.465 e. The number of hydrogen-bond acceptors (Lipinski definition) is 4. The van der Waals surface area contributed by atoms with Crippen LogP contribution in [0.2, 0.25) is 0 Å². The number of nitrogens with two attached hydrogens (primary N) is 1. The Morgan fingerprint density at radius 1 is 1.62 bits per heavy atom. The molecule has 0 amide bonds. The minimum atomic E-state index is -0.200. The third kappa shape index (κ3) is 2.92. The molecule has 1 aliphatic heterocycles. The van der Waals surface area contributed by atoms with Crippen molar-refractivity contribution in [2.24, 2.45) is 5.73 Å². The summed E-state index contributed by atoms with van der Waals surface area (Å²) in [4.78, 5) is 14.4. The molecule has 16 heavy (non-hydrogen) atoms.